The first-order valence-corrected chi connectivity index (χ1v) is 14.0. The van der Waals surface area contributed by atoms with Crippen LogP contribution in [-0.4, -0.2) is 130 Å². The van der Waals surface area contributed by atoms with E-state index in [0.717, 1.165) is 32.7 Å². The van der Waals surface area contributed by atoms with Gasteiger partial charge in [-0.1, -0.05) is 13.5 Å². The van der Waals surface area contributed by atoms with Crippen molar-refractivity contribution >= 4 is 29.6 Å². The van der Waals surface area contributed by atoms with E-state index in [-0.39, 0.29) is 17.9 Å². The van der Waals surface area contributed by atoms with Gasteiger partial charge in [-0.15, -0.1) is 11.8 Å². The lowest BCUT2D eigenvalue weighted by molar-refractivity contribution is 0.256. The van der Waals surface area contributed by atoms with Gasteiger partial charge in [0.1, 0.15) is 0 Å². The van der Waals surface area contributed by atoms with Crippen molar-refractivity contribution < 1.29 is 0 Å². The van der Waals surface area contributed by atoms with Crippen LogP contribution >= 0.6 is 11.8 Å². The lowest BCUT2D eigenvalue weighted by atomic mass is 10.4. The van der Waals surface area contributed by atoms with Crippen LogP contribution in [0.25, 0.3) is 0 Å². The average Bonchev–Trinajstić information content (AvgIpc) is 2.84. The minimum Gasteiger partial charge on any atom is -0.394 e. The van der Waals surface area contributed by atoms with Gasteiger partial charge in [0.2, 0.25) is 0 Å². The van der Waals surface area contributed by atoms with Gasteiger partial charge >= 0.3 is 0 Å². The van der Waals surface area contributed by atoms with Crippen LogP contribution in [0.1, 0.15) is 13.8 Å². The van der Waals surface area contributed by atoms with Gasteiger partial charge < -0.3 is 55.7 Å². The molecule has 0 spiro atoms. The Bertz CT molecular complexity index is 608. The van der Waals surface area contributed by atoms with E-state index in [1.165, 1.54) is 11.8 Å². The number of thioether (sulfide) groups is 1. The van der Waals surface area contributed by atoms with Crippen LogP contribution < -0.4 is 50.8 Å². The largest absolute Gasteiger partial charge is 0.394 e. The maximum Gasteiger partial charge on any atom is 0.188 e. The first kappa shape index (κ1) is 40.0. The summed E-state index contributed by atoms with van der Waals surface area (Å²) in [5, 5.41) is 21.3. The second-order valence-corrected chi connectivity index (χ2v) is 8.83. The minimum absolute atomic E-state index is 0.0573. The van der Waals surface area contributed by atoms with Gasteiger partial charge in [-0.25, -0.2) is 0 Å². The van der Waals surface area contributed by atoms with E-state index < -0.39 is 0 Å². The van der Waals surface area contributed by atoms with Crippen molar-refractivity contribution in [1.82, 2.24) is 25.3 Å². The molecule has 15 nitrogen and oxygen atoms in total. The third-order valence-corrected chi connectivity index (χ3v) is 5.39. The predicted molar refractivity (Wildman–Crippen MR) is 166 cm³/mol. The molecule has 0 radical (unpaired) electrons. The van der Waals surface area contributed by atoms with Gasteiger partial charge in [-0.05, 0) is 19.7 Å². The molecule has 0 aromatic rings. The van der Waals surface area contributed by atoms with E-state index in [1.54, 1.807) is 4.90 Å². The van der Waals surface area contributed by atoms with E-state index in [0.29, 0.717) is 63.9 Å². The van der Waals surface area contributed by atoms with E-state index in [2.05, 4.69) is 38.9 Å². The standard InChI is InChI=1S/C11H28N10.C8H22N4.C3H7NS/c1-2-21(11(16)17)8-7-20(5-3-18-9(12)13)6-4-19-10(14)15;1-2-11-5-8-12(6-3-9)7-4-10;1-3(4)5-2/h2-8H2,1H3,(H3,16,17)(H4,12,13,18)(H4,14,15,19);11H,2-10H2,1H3;1,4H2,2H3. The zero-order valence-corrected chi connectivity index (χ0v) is 24.7. The number of nitrogens with one attached hydrogen (secondary N) is 4. The van der Waals surface area contributed by atoms with Gasteiger partial charge in [0, 0.05) is 78.5 Å². The molecule has 0 saturated carbocycles. The second-order valence-electron chi connectivity index (χ2n) is 7.90. The van der Waals surface area contributed by atoms with E-state index >= 15 is 0 Å². The fourth-order valence-corrected chi connectivity index (χ4v) is 2.83. The van der Waals surface area contributed by atoms with Crippen molar-refractivity contribution in [3.63, 3.8) is 0 Å². The number of hydrogen-bond acceptors (Lipinski definition) is 10. The zero-order chi connectivity index (χ0) is 29.8. The van der Waals surface area contributed by atoms with Crippen molar-refractivity contribution in [1.29, 1.82) is 10.8 Å². The van der Waals surface area contributed by atoms with Gasteiger partial charge in [-0.2, -0.15) is 0 Å². The number of hydrogen-bond donors (Lipinski definition) is 11. The molecule has 18 N–H and O–H groups in total. The fraction of sp³-hybridized carbons (Fsp3) is 0.773. The Morgan fingerprint density at radius 2 is 1.37 bits per heavy atom. The molecular weight excluding hydrogens is 506 g/mol. The molecule has 0 amide bonds. The summed E-state index contributed by atoms with van der Waals surface area (Å²) in [6.07, 6.45) is 1.89. The molecule has 0 aromatic carbocycles. The Balaban J connectivity index is -0.000000602. The maximum atomic E-state index is 7.46. The third-order valence-electron chi connectivity index (χ3n) is 4.87. The van der Waals surface area contributed by atoms with Crippen molar-refractivity contribution in [2.24, 2.45) is 45.1 Å². The summed E-state index contributed by atoms with van der Waals surface area (Å²) in [5.74, 6) is 0.0670. The molecule has 226 valence electrons. The Morgan fingerprint density at radius 1 is 0.842 bits per heavy atom. The Kier molecular flexibility index (Phi) is 30.6. The molecule has 16 heteroatoms. The number of guanidine groups is 3. The first-order valence-electron chi connectivity index (χ1n) is 12.7. The van der Waals surface area contributed by atoms with Crippen LogP contribution in [0.5, 0.6) is 0 Å². The topological polar surface area (TPSA) is 276 Å². The highest BCUT2D eigenvalue weighted by molar-refractivity contribution is 8.02. The number of aliphatic imine (C=N–C) groups is 1. The molecule has 0 fully saturated rings. The maximum absolute atomic E-state index is 7.46. The Hall–Kier alpha value is -2.50. The normalized spacial score (nSPS) is 10.1. The summed E-state index contributed by atoms with van der Waals surface area (Å²) in [7, 11) is 0. The monoisotopic (exact) mass is 563 g/mol. The fourth-order valence-electron chi connectivity index (χ4n) is 2.83. The van der Waals surface area contributed by atoms with Gasteiger partial charge in [-0.3, -0.25) is 25.6 Å². The molecule has 0 bridgehead atoms. The first-order chi connectivity index (χ1) is 18.0. The Labute approximate surface area is 234 Å². The summed E-state index contributed by atoms with van der Waals surface area (Å²) in [4.78, 5) is 10.1. The van der Waals surface area contributed by atoms with Crippen molar-refractivity contribution in [3.05, 3.63) is 11.6 Å². The quantitative estimate of drug-likeness (QED) is 0.0421. The molecule has 0 atom stereocenters. The highest BCUT2D eigenvalue weighted by Crippen LogP contribution is 1.96. The molecule has 0 saturated heterocycles. The lowest BCUT2D eigenvalue weighted by Crippen LogP contribution is -2.44. The van der Waals surface area contributed by atoms with Gasteiger partial charge in [0.25, 0.3) is 0 Å². The van der Waals surface area contributed by atoms with Gasteiger partial charge in [0.15, 0.2) is 17.9 Å². The number of likely N-dealkylation sites (N-methyl/N-ethyl adjacent to an activating group) is 2. The summed E-state index contributed by atoms with van der Waals surface area (Å²) in [6, 6.07) is 0. The molecule has 0 unspecified atom stereocenters. The van der Waals surface area contributed by atoms with Crippen LogP contribution in [0.15, 0.2) is 16.6 Å². The lowest BCUT2D eigenvalue weighted by Gasteiger charge is -2.27. The molecule has 0 aliphatic rings. The van der Waals surface area contributed by atoms with Crippen molar-refractivity contribution in [3.8, 4) is 0 Å². The summed E-state index contributed by atoms with van der Waals surface area (Å²) in [5.41, 5.74) is 37.3. The summed E-state index contributed by atoms with van der Waals surface area (Å²) < 4.78 is 0. The second kappa shape index (κ2) is 29.1. The molecule has 38 heavy (non-hydrogen) atoms. The van der Waals surface area contributed by atoms with E-state index in [1.807, 2.05) is 13.2 Å². The van der Waals surface area contributed by atoms with E-state index in [9.17, 15) is 0 Å². The highest BCUT2D eigenvalue weighted by atomic mass is 32.2. The van der Waals surface area contributed by atoms with Crippen LogP contribution in [0.3, 0.4) is 0 Å². The smallest absolute Gasteiger partial charge is 0.188 e. The van der Waals surface area contributed by atoms with Crippen LogP contribution in [0.4, 0.5) is 0 Å². The minimum atomic E-state index is -0.0573. The molecule has 0 rings (SSSR count). The summed E-state index contributed by atoms with van der Waals surface area (Å²) >= 11 is 1.46. The van der Waals surface area contributed by atoms with Crippen molar-refractivity contribution in [2.75, 3.05) is 97.9 Å². The van der Waals surface area contributed by atoms with E-state index in [4.69, 9.17) is 51.0 Å². The molecule has 0 aromatic heterocycles. The SMILES string of the molecule is C=C(N)SC.CCN(CCN(CCN=C(N)N)CCNC(=N)N)C(=N)N.CCNCCN(CCN)CCN. The van der Waals surface area contributed by atoms with Crippen LogP contribution in [0.2, 0.25) is 0 Å². The molecular formula is C22H57N15S. The average molecular weight is 564 g/mol. The summed E-state index contributed by atoms with van der Waals surface area (Å²) in [6.45, 7) is 18.3. The van der Waals surface area contributed by atoms with Crippen LogP contribution in [-0.2, 0) is 0 Å². The van der Waals surface area contributed by atoms with Crippen LogP contribution in [0, 0.1) is 10.8 Å². The van der Waals surface area contributed by atoms with Crippen molar-refractivity contribution in [2.45, 2.75) is 13.8 Å². The molecule has 0 heterocycles. The Morgan fingerprint density at radius 3 is 1.76 bits per heavy atom. The number of nitrogens with zero attached hydrogens (tertiary/aromatic N) is 4. The number of rotatable bonds is 19. The third kappa shape index (κ3) is 31.5. The number of nitrogens with two attached hydrogens (primary N) is 7. The molecule has 0 aliphatic carbocycles. The van der Waals surface area contributed by atoms with Gasteiger partial charge in [0.05, 0.1) is 11.6 Å². The molecule has 0 aliphatic heterocycles. The highest BCUT2D eigenvalue weighted by Gasteiger charge is 2.09. The predicted octanol–water partition coefficient (Wildman–Crippen LogP) is -3.15. The zero-order valence-electron chi connectivity index (χ0n) is 23.8.